The van der Waals surface area contributed by atoms with Crippen molar-refractivity contribution in [1.82, 2.24) is 10.3 Å². The van der Waals surface area contributed by atoms with Gasteiger partial charge in [0.05, 0.1) is 17.8 Å². The minimum absolute atomic E-state index is 0.138. The summed E-state index contributed by atoms with van der Waals surface area (Å²) in [6.07, 6.45) is 4.27. The molecule has 4 heteroatoms. The van der Waals surface area contributed by atoms with Gasteiger partial charge in [-0.2, -0.15) is 0 Å². The van der Waals surface area contributed by atoms with Crippen LogP contribution in [0.1, 0.15) is 23.2 Å². The maximum atomic E-state index is 13.2. The van der Waals surface area contributed by atoms with Gasteiger partial charge in [-0.05, 0) is 25.5 Å². The molecule has 0 radical (unpaired) electrons. The molecule has 1 unspecified atom stereocenters. The van der Waals surface area contributed by atoms with Crippen LogP contribution in [0, 0.1) is 5.82 Å². The van der Waals surface area contributed by atoms with Crippen LogP contribution in [0.3, 0.4) is 0 Å². The second kappa shape index (κ2) is 3.84. The SMILES string of the molecule is O=C(c1ccncc1F)C1CCCN1. The van der Waals surface area contributed by atoms with E-state index in [0.717, 1.165) is 25.6 Å². The quantitative estimate of drug-likeness (QED) is 0.718. The maximum Gasteiger partial charge on any atom is 0.182 e. The van der Waals surface area contributed by atoms with Crippen LogP contribution in [-0.2, 0) is 0 Å². The Morgan fingerprint density at radius 3 is 3.14 bits per heavy atom. The van der Waals surface area contributed by atoms with Gasteiger partial charge in [-0.3, -0.25) is 9.78 Å². The fourth-order valence-corrected chi connectivity index (χ4v) is 1.67. The van der Waals surface area contributed by atoms with Crippen molar-refractivity contribution in [1.29, 1.82) is 0 Å². The first-order valence-electron chi connectivity index (χ1n) is 4.66. The van der Waals surface area contributed by atoms with E-state index in [1.54, 1.807) is 0 Å². The lowest BCUT2D eigenvalue weighted by molar-refractivity contribution is 0.0948. The zero-order chi connectivity index (χ0) is 9.97. The van der Waals surface area contributed by atoms with Gasteiger partial charge in [-0.15, -0.1) is 0 Å². The number of carbonyl (C=O) groups is 1. The Balaban J connectivity index is 2.22. The molecule has 1 aromatic heterocycles. The maximum absolute atomic E-state index is 13.2. The number of hydrogen-bond acceptors (Lipinski definition) is 3. The monoisotopic (exact) mass is 194 g/mol. The summed E-state index contributed by atoms with van der Waals surface area (Å²) in [6, 6.07) is 1.21. The third-order valence-corrected chi connectivity index (χ3v) is 2.41. The first-order chi connectivity index (χ1) is 6.79. The van der Waals surface area contributed by atoms with Gasteiger partial charge >= 0.3 is 0 Å². The number of carbonyl (C=O) groups excluding carboxylic acids is 1. The average molecular weight is 194 g/mol. The molecule has 0 aliphatic carbocycles. The zero-order valence-corrected chi connectivity index (χ0v) is 7.66. The van der Waals surface area contributed by atoms with Gasteiger partial charge in [0.1, 0.15) is 0 Å². The van der Waals surface area contributed by atoms with E-state index in [1.807, 2.05) is 0 Å². The zero-order valence-electron chi connectivity index (χ0n) is 7.66. The molecule has 0 amide bonds. The van der Waals surface area contributed by atoms with Gasteiger partial charge < -0.3 is 5.32 Å². The molecule has 2 heterocycles. The molecule has 1 N–H and O–H groups in total. The summed E-state index contributed by atoms with van der Waals surface area (Å²) in [6.45, 7) is 0.836. The van der Waals surface area contributed by atoms with Crippen LogP contribution < -0.4 is 5.32 Å². The summed E-state index contributed by atoms with van der Waals surface area (Å²) in [5, 5.41) is 3.05. The number of nitrogens with one attached hydrogen (secondary N) is 1. The number of halogens is 1. The fraction of sp³-hybridized carbons (Fsp3) is 0.400. The highest BCUT2D eigenvalue weighted by Gasteiger charge is 2.24. The number of ketones is 1. The lowest BCUT2D eigenvalue weighted by atomic mass is 10.0. The first-order valence-corrected chi connectivity index (χ1v) is 4.66. The molecule has 1 atom stereocenters. The van der Waals surface area contributed by atoms with Crippen molar-refractivity contribution >= 4 is 5.78 Å². The van der Waals surface area contributed by atoms with Gasteiger partial charge in [0.25, 0.3) is 0 Å². The molecule has 1 aliphatic heterocycles. The summed E-state index contributed by atoms with van der Waals surface area (Å²) in [7, 11) is 0. The summed E-state index contributed by atoms with van der Waals surface area (Å²) in [5.74, 6) is -0.700. The lowest BCUT2D eigenvalue weighted by Crippen LogP contribution is -2.31. The van der Waals surface area contributed by atoms with E-state index in [9.17, 15) is 9.18 Å². The second-order valence-corrected chi connectivity index (χ2v) is 3.37. The van der Waals surface area contributed by atoms with Crippen LogP contribution in [0.5, 0.6) is 0 Å². The van der Waals surface area contributed by atoms with Crippen molar-refractivity contribution in [3.8, 4) is 0 Å². The van der Waals surface area contributed by atoms with Gasteiger partial charge in [0, 0.05) is 6.20 Å². The second-order valence-electron chi connectivity index (χ2n) is 3.37. The first kappa shape index (κ1) is 9.27. The minimum atomic E-state index is -0.536. The number of hydrogen-bond donors (Lipinski definition) is 1. The topological polar surface area (TPSA) is 42.0 Å². The largest absolute Gasteiger partial charge is 0.307 e. The van der Waals surface area contributed by atoms with Gasteiger partial charge in [-0.25, -0.2) is 4.39 Å². The molecular weight excluding hydrogens is 183 g/mol. The minimum Gasteiger partial charge on any atom is -0.307 e. The molecule has 14 heavy (non-hydrogen) atoms. The molecule has 0 bridgehead atoms. The van der Waals surface area contributed by atoms with Gasteiger partial charge in [0.15, 0.2) is 11.6 Å². The molecule has 74 valence electrons. The van der Waals surface area contributed by atoms with E-state index in [4.69, 9.17) is 0 Å². The van der Waals surface area contributed by atoms with Crippen molar-refractivity contribution in [3.05, 3.63) is 29.8 Å². The van der Waals surface area contributed by atoms with Crippen molar-refractivity contribution in [3.63, 3.8) is 0 Å². The number of rotatable bonds is 2. The lowest BCUT2D eigenvalue weighted by Gasteiger charge is -2.08. The third-order valence-electron chi connectivity index (χ3n) is 2.41. The van der Waals surface area contributed by atoms with Crippen LogP contribution in [0.2, 0.25) is 0 Å². The molecule has 0 spiro atoms. The van der Waals surface area contributed by atoms with E-state index < -0.39 is 5.82 Å². The van der Waals surface area contributed by atoms with E-state index in [1.165, 1.54) is 12.3 Å². The Morgan fingerprint density at radius 2 is 2.50 bits per heavy atom. The molecule has 0 aromatic carbocycles. The molecule has 1 aromatic rings. The van der Waals surface area contributed by atoms with Crippen LogP contribution in [0.25, 0.3) is 0 Å². The van der Waals surface area contributed by atoms with Crippen molar-refractivity contribution in [2.45, 2.75) is 18.9 Å². The molecule has 3 nitrogen and oxygen atoms in total. The Morgan fingerprint density at radius 1 is 1.64 bits per heavy atom. The molecular formula is C10H11FN2O. The number of Topliss-reactive ketones (excluding diaryl/α,β-unsaturated/α-hetero) is 1. The molecule has 0 saturated carbocycles. The van der Waals surface area contributed by atoms with Crippen LogP contribution in [0.4, 0.5) is 4.39 Å². The highest BCUT2D eigenvalue weighted by Crippen LogP contribution is 2.13. The molecule has 2 rings (SSSR count). The number of nitrogens with zero attached hydrogens (tertiary/aromatic N) is 1. The summed E-state index contributed by atoms with van der Waals surface area (Å²) >= 11 is 0. The number of pyridine rings is 1. The predicted octanol–water partition coefficient (Wildman–Crippen LogP) is 1.16. The van der Waals surface area contributed by atoms with E-state index in [2.05, 4.69) is 10.3 Å². The third kappa shape index (κ3) is 1.65. The molecule has 1 aliphatic rings. The van der Waals surface area contributed by atoms with Crippen molar-refractivity contribution in [2.24, 2.45) is 0 Å². The van der Waals surface area contributed by atoms with Crippen LogP contribution in [0.15, 0.2) is 18.5 Å². The molecule has 1 fully saturated rings. The Kier molecular flexibility index (Phi) is 2.54. The normalized spacial score (nSPS) is 21.1. The number of aromatic nitrogens is 1. The fourth-order valence-electron chi connectivity index (χ4n) is 1.67. The predicted molar refractivity (Wildman–Crippen MR) is 49.6 cm³/mol. The van der Waals surface area contributed by atoms with Gasteiger partial charge in [-0.1, -0.05) is 0 Å². The van der Waals surface area contributed by atoms with Crippen molar-refractivity contribution in [2.75, 3.05) is 6.54 Å². The van der Waals surface area contributed by atoms with Gasteiger partial charge in [0.2, 0.25) is 0 Å². The highest BCUT2D eigenvalue weighted by atomic mass is 19.1. The average Bonchev–Trinajstić information content (AvgIpc) is 2.70. The summed E-state index contributed by atoms with van der Waals surface area (Å²) in [5.41, 5.74) is 0.138. The van der Waals surface area contributed by atoms with Crippen LogP contribution >= 0.6 is 0 Å². The van der Waals surface area contributed by atoms with Crippen LogP contribution in [-0.4, -0.2) is 23.4 Å². The van der Waals surface area contributed by atoms with E-state index >= 15 is 0 Å². The standard InChI is InChI=1S/C10H11FN2O/c11-8-6-12-5-3-7(8)10(14)9-2-1-4-13-9/h3,5-6,9,13H,1-2,4H2. The Bertz CT molecular complexity index is 348. The molecule has 1 saturated heterocycles. The summed E-state index contributed by atoms with van der Waals surface area (Å²) < 4.78 is 13.2. The Hall–Kier alpha value is -1.29. The van der Waals surface area contributed by atoms with E-state index in [0.29, 0.717) is 0 Å². The Labute approximate surface area is 81.3 Å². The van der Waals surface area contributed by atoms with Crippen molar-refractivity contribution < 1.29 is 9.18 Å². The highest BCUT2D eigenvalue weighted by molar-refractivity contribution is 6.00. The smallest absolute Gasteiger partial charge is 0.182 e. The summed E-state index contributed by atoms with van der Waals surface area (Å²) in [4.78, 5) is 15.3. The van der Waals surface area contributed by atoms with E-state index in [-0.39, 0.29) is 17.4 Å².